The molecule has 1 aromatic carbocycles. The second-order valence-corrected chi connectivity index (χ2v) is 9.67. The Balaban J connectivity index is 1.35. The lowest BCUT2D eigenvalue weighted by atomic mass is 10.1. The Morgan fingerprint density at radius 1 is 1.06 bits per heavy atom. The molecular weight excluding hydrogens is 446 g/mol. The van der Waals surface area contributed by atoms with Gasteiger partial charge in [0.2, 0.25) is 11.7 Å². The second kappa shape index (κ2) is 9.65. The molecule has 35 heavy (non-hydrogen) atoms. The molecule has 3 N–H and O–H groups in total. The molecule has 184 valence electrons. The number of carbonyl (C=O) groups is 2. The van der Waals surface area contributed by atoms with Crippen molar-refractivity contribution in [3.63, 3.8) is 0 Å². The molecule has 2 unspecified atom stereocenters. The van der Waals surface area contributed by atoms with Gasteiger partial charge in [-0.2, -0.15) is 5.10 Å². The standard InChI is InChI=1S/C26H31N5O4/c1-15(17-6-7-17)28-24(33)22-13-21(30-31(22)10-11-32)19-4-3-5-20(12-19)26-27-14-23(35-26)25(34)29-16(2)18-8-9-18/h3-5,12-18,32H,6-11H2,1-2H3,(H,28,33)(H,29,34). The summed E-state index contributed by atoms with van der Waals surface area (Å²) in [6, 6.07) is 9.40. The molecule has 2 aliphatic carbocycles. The summed E-state index contributed by atoms with van der Waals surface area (Å²) in [5, 5.41) is 20.1. The van der Waals surface area contributed by atoms with Gasteiger partial charge in [0.05, 0.1) is 25.0 Å². The summed E-state index contributed by atoms with van der Waals surface area (Å²) < 4.78 is 7.29. The number of aliphatic hydroxyl groups is 1. The summed E-state index contributed by atoms with van der Waals surface area (Å²) in [6.07, 6.45) is 6.01. The van der Waals surface area contributed by atoms with E-state index in [2.05, 4.69) is 20.7 Å². The molecule has 5 rings (SSSR count). The number of hydrogen-bond donors (Lipinski definition) is 3. The van der Waals surface area contributed by atoms with Gasteiger partial charge >= 0.3 is 0 Å². The van der Waals surface area contributed by atoms with Crippen molar-refractivity contribution in [1.82, 2.24) is 25.4 Å². The third kappa shape index (κ3) is 5.30. The van der Waals surface area contributed by atoms with E-state index in [0.29, 0.717) is 34.7 Å². The number of aromatic nitrogens is 3. The highest BCUT2D eigenvalue weighted by Gasteiger charge is 2.31. The zero-order chi connectivity index (χ0) is 24.5. The lowest BCUT2D eigenvalue weighted by Crippen LogP contribution is -2.35. The largest absolute Gasteiger partial charge is 0.431 e. The molecule has 2 aliphatic rings. The van der Waals surface area contributed by atoms with Crippen LogP contribution in [0.3, 0.4) is 0 Å². The highest BCUT2D eigenvalue weighted by atomic mass is 16.4. The first kappa shape index (κ1) is 23.3. The zero-order valence-electron chi connectivity index (χ0n) is 20.0. The molecule has 3 aromatic rings. The molecule has 2 amide bonds. The fraction of sp³-hybridized carbons (Fsp3) is 0.462. The summed E-state index contributed by atoms with van der Waals surface area (Å²) >= 11 is 0. The van der Waals surface area contributed by atoms with Gasteiger partial charge in [-0.05, 0) is 69.6 Å². The number of nitrogens with zero attached hydrogens (tertiary/aromatic N) is 3. The average molecular weight is 478 g/mol. The third-order valence-electron chi connectivity index (χ3n) is 6.83. The van der Waals surface area contributed by atoms with Gasteiger partial charge in [-0.25, -0.2) is 4.98 Å². The van der Waals surface area contributed by atoms with Crippen LogP contribution in [0, 0.1) is 11.8 Å². The van der Waals surface area contributed by atoms with Gasteiger partial charge in [-0.3, -0.25) is 14.3 Å². The van der Waals surface area contributed by atoms with Gasteiger partial charge in [-0.15, -0.1) is 0 Å². The number of nitrogens with one attached hydrogen (secondary N) is 2. The van der Waals surface area contributed by atoms with E-state index in [-0.39, 0.29) is 42.8 Å². The average Bonchev–Trinajstić information content (AvgIpc) is 3.78. The van der Waals surface area contributed by atoms with Crippen molar-refractivity contribution in [1.29, 1.82) is 0 Å². The Labute approximate surface area is 203 Å². The summed E-state index contributed by atoms with van der Waals surface area (Å²) in [5.41, 5.74) is 2.48. The van der Waals surface area contributed by atoms with Crippen molar-refractivity contribution in [3.8, 4) is 22.7 Å². The maximum absolute atomic E-state index is 12.9. The van der Waals surface area contributed by atoms with Gasteiger partial charge in [0.15, 0.2) is 0 Å². The van der Waals surface area contributed by atoms with Crippen LogP contribution in [0.15, 0.2) is 40.9 Å². The minimum atomic E-state index is -0.266. The van der Waals surface area contributed by atoms with Gasteiger partial charge in [0, 0.05) is 23.2 Å². The normalized spacial score (nSPS) is 17.1. The van der Waals surface area contributed by atoms with Crippen molar-refractivity contribution < 1.29 is 19.1 Å². The number of carbonyl (C=O) groups excluding carboxylic acids is 2. The molecule has 0 spiro atoms. The van der Waals surface area contributed by atoms with Crippen LogP contribution in [0.4, 0.5) is 0 Å². The predicted molar refractivity (Wildman–Crippen MR) is 130 cm³/mol. The van der Waals surface area contributed by atoms with Crippen LogP contribution in [0.1, 0.15) is 60.6 Å². The number of aliphatic hydroxyl groups excluding tert-OH is 1. The topological polar surface area (TPSA) is 122 Å². The number of hydrogen-bond acceptors (Lipinski definition) is 6. The zero-order valence-corrected chi connectivity index (χ0v) is 20.0. The van der Waals surface area contributed by atoms with E-state index in [1.165, 1.54) is 10.9 Å². The summed E-state index contributed by atoms with van der Waals surface area (Å²) in [7, 11) is 0. The quantitative estimate of drug-likeness (QED) is 0.412. The van der Waals surface area contributed by atoms with Crippen molar-refractivity contribution in [3.05, 3.63) is 48.0 Å². The van der Waals surface area contributed by atoms with Crippen molar-refractivity contribution in [2.45, 2.75) is 58.2 Å². The SMILES string of the molecule is CC(NC(=O)c1cnc(-c2cccc(-c3cc(C(=O)NC(C)C4CC4)n(CCO)n3)c2)o1)C1CC1. The van der Waals surface area contributed by atoms with Crippen molar-refractivity contribution >= 4 is 11.8 Å². The summed E-state index contributed by atoms with van der Waals surface area (Å²) in [5.74, 6) is 1.13. The lowest BCUT2D eigenvalue weighted by molar-refractivity contribution is 0.0905. The Bertz CT molecular complexity index is 1220. The van der Waals surface area contributed by atoms with Crippen LogP contribution < -0.4 is 10.6 Å². The first-order valence-corrected chi connectivity index (χ1v) is 12.3. The molecule has 9 nitrogen and oxygen atoms in total. The van der Waals surface area contributed by atoms with E-state index in [1.807, 2.05) is 38.1 Å². The number of oxazole rings is 1. The third-order valence-corrected chi connectivity index (χ3v) is 6.83. The van der Waals surface area contributed by atoms with Crippen LogP contribution >= 0.6 is 0 Å². The van der Waals surface area contributed by atoms with Gasteiger partial charge in [-0.1, -0.05) is 12.1 Å². The number of amides is 2. The van der Waals surface area contributed by atoms with Gasteiger partial charge in [0.25, 0.3) is 11.8 Å². The van der Waals surface area contributed by atoms with E-state index in [4.69, 9.17) is 4.42 Å². The first-order valence-electron chi connectivity index (χ1n) is 12.3. The Hall–Kier alpha value is -3.46. The minimum Gasteiger partial charge on any atom is -0.431 e. The Morgan fingerprint density at radius 3 is 2.37 bits per heavy atom. The molecule has 2 saturated carbocycles. The molecule has 0 radical (unpaired) electrons. The maximum atomic E-state index is 12.9. The van der Waals surface area contributed by atoms with Gasteiger partial charge in [0.1, 0.15) is 5.69 Å². The molecule has 9 heteroatoms. The van der Waals surface area contributed by atoms with Crippen molar-refractivity contribution in [2.24, 2.45) is 11.8 Å². The van der Waals surface area contributed by atoms with Crippen LogP contribution in [0.5, 0.6) is 0 Å². The number of rotatable bonds is 10. The Morgan fingerprint density at radius 2 is 1.71 bits per heavy atom. The van der Waals surface area contributed by atoms with E-state index in [0.717, 1.165) is 31.2 Å². The second-order valence-electron chi connectivity index (χ2n) is 9.67. The molecule has 0 saturated heterocycles. The molecule has 2 heterocycles. The van der Waals surface area contributed by atoms with Gasteiger partial charge < -0.3 is 20.2 Å². The van der Waals surface area contributed by atoms with Crippen molar-refractivity contribution in [2.75, 3.05) is 6.61 Å². The molecule has 2 aromatic heterocycles. The van der Waals surface area contributed by atoms with Crippen LogP contribution in [-0.2, 0) is 6.54 Å². The van der Waals surface area contributed by atoms with Crippen LogP contribution in [0.25, 0.3) is 22.7 Å². The van der Waals surface area contributed by atoms with Crippen LogP contribution in [-0.4, -0.2) is 50.4 Å². The van der Waals surface area contributed by atoms with E-state index in [9.17, 15) is 14.7 Å². The highest BCUT2D eigenvalue weighted by molar-refractivity contribution is 5.94. The van der Waals surface area contributed by atoms with Crippen LogP contribution in [0.2, 0.25) is 0 Å². The number of benzene rings is 1. The fourth-order valence-corrected chi connectivity index (χ4v) is 4.32. The van der Waals surface area contributed by atoms with E-state index in [1.54, 1.807) is 6.07 Å². The molecule has 2 atom stereocenters. The predicted octanol–water partition coefficient (Wildman–Crippen LogP) is 3.25. The maximum Gasteiger partial charge on any atom is 0.288 e. The van der Waals surface area contributed by atoms with E-state index >= 15 is 0 Å². The molecule has 0 aliphatic heterocycles. The lowest BCUT2D eigenvalue weighted by Gasteiger charge is -2.13. The first-order chi connectivity index (χ1) is 16.9. The minimum absolute atomic E-state index is 0.107. The summed E-state index contributed by atoms with van der Waals surface area (Å²) in [6.45, 7) is 4.12. The highest BCUT2D eigenvalue weighted by Crippen LogP contribution is 2.33. The molecule has 2 fully saturated rings. The smallest absolute Gasteiger partial charge is 0.288 e. The van der Waals surface area contributed by atoms with E-state index < -0.39 is 0 Å². The fourth-order valence-electron chi connectivity index (χ4n) is 4.32. The molecular formula is C26H31N5O4. The molecule has 0 bridgehead atoms. The summed E-state index contributed by atoms with van der Waals surface area (Å²) in [4.78, 5) is 29.7. The monoisotopic (exact) mass is 477 g/mol. The Kier molecular flexibility index (Phi) is 6.42.